The summed E-state index contributed by atoms with van der Waals surface area (Å²) in [5, 5.41) is 20.3. The Morgan fingerprint density at radius 3 is 2.41 bits per heavy atom. The molecular formula is C30H35ClO5S. The van der Waals surface area contributed by atoms with E-state index in [2.05, 4.69) is 6.07 Å². The Balaban J connectivity index is 0.00000186. The molecule has 7 heteroatoms. The van der Waals surface area contributed by atoms with E-state index in [9.17, 15) is 9.90 Å². The van der Waals surface area contributed by atoms with Crippen LogP contribution in [0.3, 0.4) is 0 Å². The molecule has 0 radical (unpaired) electrons. The van der Waals surface area contributed by atoms with Gasteiger partial charge in [-0.15, -0.1) is 11.8 Å². The van der Waals surface area contributed by atoms with Crippen molar-refractivity contribution < 1.29 is 24.5 Å². The highest BCUT2D eigenvalue weighted by molar-refractivity contribution is 7.99. The molecule has 3 unspecified atom stereocenters. The second kappa shape index (κ2) is 14.4. The zero-order chi connectivity index (χ0) is 26.8. The van der Waals surface area contributed by atoms with Gasteiger partial charge in [-0.3, -0.25) is 0 Å². The molecule has 1 aliphatic heterocycles. The SMILES string of the molecule is CC.CCOc1ccc(Cc2cc(C3CC(O)CC(CSc4ccc(C(=O)O)cc4)O3)ccc2Cl)cc1. The molecule has 198 valence electrons. The molecule has 0 spiro atoms. The molecule has 3 aromatic rings. The third-order valence-corrected chi connectivity index (χ3v) is 7.50. The Morgan fingerprint density at radius 2 is 1.76 bits per heavy atom. The van der Waals surface area contributed by atoms with Gasteiger partial charge < -0.3 is 19.7 Å². The minimum Gasteiger partial charge on any atom is -0.494 e. The lowest BCUT2D eigenvalue weighted by Crippen LogP contribution is -2.32. The average Bonchev–Trinajstić information content (AvgIpc) is 2.91. The lowest BCUT2D eigenvalue weighted by atomic mass is 9.94. The van der Waals surface area contributed by atoms with Crippen molar-refractivity contribution in [1.29, 1.82) is 0 Å². The standard InChI is InChI=1S/C28H29ClO5S.C2H6/c1-2-33-23-8-3-18(4-9-23)13-21-14-20(7-12-26(21)29)27-16-22(30)15-24(34-27)17-35-25-10-5-19(6-11-25)28(31)32;1-2/h3-12,14,22,24,27,30H,2,13,15-17H2,1H3,(H,31,32);1-2H3. The van der Waals surface area contributed by atoms with Crippen LogP contribution >= 0.6 is 23.4 Å². The monoisotopic (exact) mass is 542 g/mol. The highest BCUT2D eigenvalue weighted by Crippen LogP contribution is 2.35. The molecule has 3 aromatic carbocycles. The van der Waals surface area contributed by atoms with Crippen LogP contribution in [0.2, 0.25) is 5.02 Å². The summed E-state index contributed by atoms with van der Waals surface area (Å²) in [6.07, 6.45) is 1.04. The number of benzene rings is 3. The van der Waals surface area contributed by atoms with Crippen LogP contribution in [0.5, 0.6) is 5.75 Å². The number of ether oxygens (including phenoxy) is 2. The van der Waals surface area contributed by atoms with Crippen molar-refractivity contribution in [3.05, 3.63) is 94.0 Å². The molecule has 37 heavy (non-hydrogen) atoms. The van der Waals surface area contributed by atoms with Gasteiger partial charge in [-0.05, 0) is 72.5 Å². The van der Waals surface area contributed by atoms with E-state index in [1.165, 1.54) is 0 Å². The maximum atomic E-state index is 11.0. The number of aliphatic hydroxyl groups excluding tert-OH is 1. The van der Waals surface area contributed by atoms with Gasteiger partial charge in [0.25, 0.3) is 0 Å². The van der Waals surface area contributed by atoms with Crippen molar-refractivity contribution in [2.75, 3.05) is 12.4 Å². The fraction of sp³-hybridized carbons (Fsp3) is 0.367. The normalized spacial score (nSPS) is 19.0. The quantitative estimate of drug-likeness (QED) is 0.274. The maximum absolute atomic E-state index is 11.0. The number of hydrogen-bond acceptors (Lipinski definition) is 5. The lowest BCUT2D eigenvalue weighted by molar-refractivity contribution is -0.0875. The fourth-order valence-corrected chi connectivity index (χ4v) is 5.32. The van der Waals surface area contributed by atoms with Gasteiger partial charge in [-0.1, -0.05) is 49.7 Å². The second-order valence-electron chi connectivity index (χ2n) is 8.62. The summed E-state index contributed by atoms with van der Waals surface area (Å²) in [6.45, 7) is 6.60. The second-order valence-corrected chi connectivity index (χ2v) is 10.1. The highest BCUT2D eigenvalue weighted by Gasteiger charge is 2.29. The number of rotatable bonds is 9. The van der Waals surface area contributed by atoms with E-state index in [1.807, 2.05) is 57.2 Å². The highest BCUT2D eigenvalue weighted by atomic mass is 35.5. The summed E-state index contributed by atoms with van der Waals surface area (Å²) >= 11 is 8.11. The van der Waals surface area contributed by atoms with Crippen LogP contribution in [-0.2, 0) is 11.2 Å². The van der Waals surface area contributed by atoms with Crippen molar-refractivity contribution in [3.8, 4) is 5.75 Å². The van der Waals surface area contributed by atoms with Crippen LogP contribution < -0.4 is 4.74 Å². The summed E-state index contributed by atoms with van der Waals surface area (Å²) in [6, 6.07) is 20.8. The molecule has 1 aliphatic rings. The number of hydrogen-bond donors (Lipinski definition) is 2. The van der Waals surface area contributed by atoms with Crippen LogP contribution in [0.15, 0.2) is 71.6 Å². The molecule has 0 amide bonds. The molecule has 1 fully saturated rings. The van der Waals surface area contributed by atoms with E-state index < -0.39 is 12.1 Å². The number of halogens is 1. The van der Waals surface area contributed by atoms with Gasteiger partial charge in [0.1, 0.15) is 5.75 Å². The zero-order valence-corrected chi connectivity index (χ0v) is 23.1. The van der Waals surface area contributed by atoms with Gasteiger partial charge >= 0.3 is 5.97 Å². The molecular weight excluding hydrogens is 508 g/mol. The van der Waals surface area contributed by atoms with E-state index in [0.717, 1.165) is 27.3 Å². The number of carboxylic acids is 1. The third-order valence-electron chi connectivity index (χ3n) is 5.99. The molecule has 2 N–H and O–H groups in total. The first-order valence-corrected chi connectivity index (χ1v) is 14.1. The Bertz CT molecular complexity index is 1130. The Hall–Kier alpha value is -2.51. The van der Waals surface area contributed by atoms with Crippen LogP contribution in [-0.4, -0.2) is 40.8 Å². The summed E-state index contributed by atoms with van der Waals surface area (Å²) in [5.74, 6) is 0.586. The summed E-state index contributed by atoms with van der Waals surface area (Å²) in [5.41, 5.74) is 3.43. The first-order valence-electron chi connectivity index (χ1n) is 12.7. The van der Waals surface area contributed by atoms with Gasteiger partial charge in [-0.25, -0.2) is 4.79 Å². The van der Waals surface area contributed by atoms with Crippen LogP contribution in [0.1, 0.15) is 66.8 Å². The lowest BCUT2D eigenvalue weighted by Gasteiger charge is -2.33. The van der Waals surface area contributed by atoms with Crippen molar-refractivity contribution in [3.63, 3.8) is 0 Å². The molecule has 0 aromatic heterocycles. The molecule has 5 nitrogen and oxygen atoms in total. The molecule has 0 bridgehead atoms. The average molecular weight is 543 g/mol. The molecule has 1 saturated heterocycles. The van der Waals surface area contributed by atoms with Gasteiger partial charge in [0.05, 0.1) is 30.5 Å². The van der Waals surface area contributed by atoms with Crippen molar-refractivity contribution in [2.24, 2.45) is 0 Å². The minimum absolute atomic E-state index is 0.113. The molecule has 3 atom stereocenters. The Kier molecular flexibility index (Phi) is 11.3. The largest absolute Gasteiger partial charge is 0.494 e. The number of thioether (sulfide) groups is 1. The van der Waals surface area contributed by atoms with Gasteiger partial charge in [-0.2, -0.15) is 0 Å². The number of carbonyl (C=O) groups is 1. The summed E-state index contributed by atoms with van der Waals surface area (Å²) in [4.78, 5) is 12.0. The maximum Gasteiger partial charge on any atom is 0.335 e. The molecule has 0 saturated carbocycles. The minimum atomic E-state index is -0.937. The van der Waals surface area contributed by atoms with Crippen molar-refractivity contribution in [1.82, 2.24) is 0 Å². The Labute approximate surface area is 228 Å². The van der Waals surface area contributed by atoms with E-state index in [1.54, 1.807) is 36.0 Å². The van der Waals surface area contributed by atoms with Crippen molar-refractivity contribution >= 4 is 29.3 Å². The first kappa shape index (κ1) is 29.1. The number of aliphatic hydroxyl groups is 1. The molecule has 1 heterocycles. The summed E-state index contributed by atoms with van der Waals surface area (Å²) < 4.78 is 11.9. The fourth-order valence-electron chi connectivity index (χ4n) is 4.22. The predicted molar refractivity (Wildman–Crippen MR) is 150 cm³/mol. The van der Waals surface area contributed by atoms with Crippen LogP contribution in [0, 0.1) is 0 Å². The van der Waals surface area contributed by atoms with Crippen molar-refractivity contribution in [2.45, 2.75) is 63.2 Å². The van der Waals surface area contributed by atoms with E-state index in [0.29, 0.717) is 36.6 Å². The van der Waals surface area contributed by atoms with E-state index in [4.69, 9.17) is 26.2 Å². The number of aromatic carboxylic acids is 1. The smallest absolute Gasteiger partial charge is 0.335 e. The first-order chi connectivity index (χ1) is 17.9. The molecule has 0 aliphatic carbocycles. The van der Waals surface area contributed by atoms with Crippen LogP contribution in [0.25, 0.3) is 0 Å². The Morgan fingerprint density at radius 1 is 1.05 bits per heavy atom. The van der Waals surface area contributed by atoms with Gasteiger partial charge in [0.2, 0.25) is 0 Å². The third kappa shape index (κ3) is 8.50. The van der Waals surface area contributed by atoms with Gasteiger partial charge in [0, 0.05) is 28.5 Å². The van der Waals surface area contributed by atoms with Crippen LogP contribution in [0.4, 0.5) is 0 Å². The van der Waals surface area contributed by atoms with Gasteiger partial charge in [0.15, 0.2) is 0 Å². The number of carboxylic acid groups (broad SMARTS) is 1. The zero-order valence-electron chi connectivity index (χ0n) is 21.5. The molecule has 4 rings (SSSR count). The van der Waals surface area contributed by atoms with E-state index in [-0.39, 0.29) is 17.8 Å². The topological polar surface area (TPSA) is 76.0 Å². The van der Waals surface area contributed by atoms with E-state index >= 15 is 0 Å². The predicted octanol–water partition coefficient (Wildman–Crippen LogP) is 7.43. The summed E-state index contributed by atoms with van der Waals surface area (Å²) in [7, 11) is 0.